The van der Waals surface area contributed by atoms with Crippen molar-refractivity contribution >= 4 is 5.91 Å². The first-order chi connectivity index (χ1) is 7.75. The molecule has 0 spiro atoms. The number of fused-ring (bicyclic) bond motifs is 1. The predicted octanol–water partition coefficient (Wildman–Crippen LogP) is -0.109. The fourth-order valence-corrected chi connectivity index (χ4v) is 2.41. The molecule has 0 radical (unpaired) electrons. The van der Waals surface area contributed by atoms with E-state index in [2.05, 4.69) is 10.4 Å². The van der Waals surface area contributed by atoms with E-state index in [1.54, 1.807) is 0 Å². The zero-order chi connectivity index (χ0) is 11.1. The van der Waals surface area contributed by atoms with Gasteiger partial charge in [-0.1, -0.05) is 0 Å². The van der Waals surface area contributed by atoms with Gasteiger partial charge >= 0.3 is 0 Å². The van der Waals surface area contributed by atoms with Gasteiger partial charge in [0.1, 0.15) is 6.54 Å². The molecule has 0 aromatic carbocycles. The molecule has 1 saturated carbocycles. The Morgan fingerprint density at radius 1 is 1.56 bits per heavy atom. The fraction of sp³-hybridized carbons (Fsp3) is 0.636. The van der Waals surface area contributed by atoms with Crippen molar-refractivity contribution in [3.8, 4) is 0 Å². The standard InChI is InChI=1S/C11H16N4O/c12-10(16)6-15-9-3-4-13-5-8(9)11(14-15)7-1-2-7/h7,13H,1-6H2,(H2,12,16). The van der Waals surface area contributed by atoms with Gasteiger partial charge in [-0.25, -0.2) is 0 Å². The van der Waals surface area contributed by atoms with Crippen molar-refractivity contribution in [3.63, 3.8) is 0 Å². The van der Waals surface area contributed by atoms with Crippen LogP contribution in [-0.4, -0.2) is 22.2 Å². The Bertz CT molecular complexity index is 433. The van der Waals surface area contributed by atoms with Gasteiger partial charge < -0.3 is 11.1 Å². The zero-order valence-corrected chi connectivity index (χ0v) is 9.20. The number of hydrogen-bond donors (Lipinski definition) is 2. The summed E-state index contributed by atoms with van der Waals surface area (Å²) in [4.78, 5) is 11.0. The van der Waals surface area contributed by atoms with Gasteiger partial charge in [-0.05, 0) is 12.8 Å². The summed E-state index contributed by atoms with van der Waals surface area (Å²) in [5.41, 5.74) is 8.96. The number of aromatic nitrogens is 2. The molecule has 1 aliphatic carbocycles. The van der Waals surface area contributed by atoms with Crippen molar-refractivity contribution in [2.75, 3.05) is 6.54 Å². The van der Waals surface area contributed by atoms with E-state index in [0.29, 0.717) is 5.92 Å². The zero-order valence-electron chi connectivity index (χ0n) is 9.20. The number of amides is 1. The Kier molecular flexibility index (Phi) is 2.21. The Labute approximate surface area is 94.0 Å². The lowest BCUT2D eigenvalue weighted by molar-refractivity contribution is -0.118. The van der Waals surface area contributed by atoms with E-state index in [9.17, 15) is 4.79 Å². The van der Waals surface area contributed by atoms with E-state index in [0.717, 1.165) is 19.5 Å². The lowest BCUT2D eigenvalue weighted by Crippen LogP contribution is -2.27. The Morgan fingerprint density at radius 2 is 2.38 bits per heavy atom. The van der Waals surface area contributed by atoms with Crippen LogP contribution in [0.3, 0.4) is 0 Å². The van der Waals surface area contributed by atoms with Gasteiger partial charge in [0.2, 0.25) is 5.91 Å². The van der Waals surface area contributed by atoms with E-state index < -0.39 is 0 Å². The first-order valence-electron chi connectivity index (χ1n) is 5.83. The maximum atomic E-state index is 11.0. The van der Waals surface area contributed by atoms with Crippen molar-refractivity contribution in [1.82, 2.24) is 15.1 Å². The normalized spacial score (nSPS) is 19.5. The Balaban J connectivity index is 2.00. The third kappa shape index (κ3) is 1.61. The van der Waals surface area contributed by atoms with Crippen molar-refractivity contribution in [3.05, 3.63) is 17.0 Å². The molecule has 1 amide bonds. The Morgan fingerprint density at radius 3 is 3.06 bits per heavy atom. The van der Waals surface area contributed by atoms with Crippen LogP contribution >= 0.6 is 0 Å². The number of nitrogens with one attached hydrogen (secondary N) is 1. The van der Waals surface area contributed by atoms with E-state index in [-0.39, 0.29) is 12.5 Å². The van der Waals surface area contributed by atoms with Crippen LogP contribution in [0.1, 0.15) is 35.7 Å². The highest BCUT2D eigenvalue weighted by Gasteiger charge is 2.32. The molecule has 5 heteroatoms. The maximum Gasteiger partial charge on any atom is 0.239 e. The summed E-state index contributed by atoms with van der Waals surface area (Å²) in [6.07, 6.45) is 3.42. The first-order valence-corrected chi connectivity index (χ1v) is 5.83. The summed E-state index contributed by atoms with van der Waals surface area (Å²) in [5, 5.41) is 7.93. The average Bonchev–Trinajstić information content (AvgIpc) is 3.03. The van der Waals surface area contributed by atoms with Crippen LogP contribution in [0.2, 0.25) is 0 Å². The molecule has 2 heterocycles. The molecule has 3 rings (SSSR count). The number of nitrogens with two attached hydrogens (primary N) is 1. The summed E-state index contributed by atoms with van der Waals surface area (Å²) in [6.45, 7) is 2.07. The molecular weight excluding hydrogens is 204 g/mol. The maximum absolute atomic E-state index is 11.0. The van der Waals surface area contributed by atoms with Crippen LogP contribution in [0.25, 0.3) is 0 Å². The molecule has 0 atom stereocenters. The summed E-state index contributed by atoms with van der Waals surface area (Å²) in [5.74, 6) is 0.314. The smallest absolute Gasteiger partial charge is 0.239 e. The SMILES string of the molecule is NC(=O)Cn1nc(C2CC2)c2c1CCNC2. The van der Waals surface area contributed by atoms with Crippen molar-refractivity contribution in [2.45, 2.75) is 38.3 Å². The Hall–Kier alpha value is -1.36. The summed E-state index contributed by atoms with van der Waals surface area (Å²) < 4.78 is 1.81. The van der Waals surface area contributed by atoms with Crippen molar-refractivity contribution < 1.29 is 4.79 Å². The molecule has 86 valence electrons. The minimum Gasteiger partial charge on any atom is -0.368 e. The average molecular weight is 220 g/mol. The summed E-state index contributed by atoms with van der Waals surface area (Å²) in [7, 11) is 0. The monoisotopic (exact) mass is 220 g/mol. The third-order valence-corrected chi connectivity index (χ3v) is 3.31. The molecule has 1 fully saturated rings. The van der Waals surface area contributed by atoms with Gasteiger partial charge in [-0.2, -0.15) is 5.10 Å². The highest BCUT2D eigenvalue weighted by molar-refractivity contribution is 5.73. The number of carbonyl (C=O) groups excluding carboxylic acids is 1. The van der Waals surface area contributed by atoms with Crippen LogP contribution in [0.5, 0.6) is 0 Å². The van der Waals surface area contributed by atoms with E-state index in [1.807, 2.05) is 4.68 Å². The van der Waals surface area contributed by atoms with Crippen LogP contribution in [-0.2, 0) is 24.3 Å². The van der Waals surface area contributed by atoms with Crippen LogP contribution in [0.4, 0.5) is 0 Å². The fourth-order valence-electron chi connectivity index (χ4n) is 2.41. The molecule has 16 heavy (non-hydrogen) atoms. The number of rotatable bonds is 3. The third-order valence-electron chi connectivity index (χ3n) is 3.31. The van der Waals surface area contributed by atoms with E-state index in [1.165, 1.54) is 29.8 Å². The molecule has 5 nitrogen and oxygen atoms in total. The minimum absolute atomic E-state index is 0.217. The van der Waals surface area contributed by atoms with Gasteiger partial charge in [0.05, 0.1) is 5.69 Å². The summed E-state index contributed by atoms with van der Waals surface area (Å²) >= 11 is 0. The molecule has 0 bridgehead atoms. The number of nitrogens with zero attached hydrogens (tertiary/aromatic N) is 2. The van der Waals surface area contributed by atoms with Crippen molar-refractivity contribution in [1.29, 1.82) is 0 Å². The molecule has 2 aliphatic rings. The second kappa shape index (κ2) is 3.59. The van der Waals surface area contributed by atoms with Crippen LogP contribution in [0, 0.1) is 0 Å². The minimum atomic E-state index is -0.314. The van der Waals surface area contributed by atoms with E-state index >= 15 is 0 Å². The van der Waals surface area contributed by atoms with Gasteiger partial charge in [0.25, 0.3) is 0 Å². The lowest BCUT2D eigenvalue weighted by atomic mass is 10.0. The first kappa shape index (κ1) is 9.84. The second-order valence-electron chi connectivity index (χ2n) is 4.64. The number of carbonyl (C=O) groups is 1. The van der Waals surface area contributed by atoms with E-state index in [4.69, 9.17) is 5.73 Å². The largest absolute Gasteiger partial charge is 0.368 e. The molecule has 0 unspecified atom stereocenters. The number of hydrogen-bond acceptors (Lipinski definition) is 3. The quantitative estimate of drug-likeness (QED) is 0.746. The lowest BCUT2D eigenvalue weighted by Gasteiger charge is -2.15. The van der Waals surface area contributed by atoms with Gasteiger partial charge in [0.15, 0.2) is 0 Å². The molecule has 0 saturated heterocycles. The highest BCUT2D eigenvalue weighted by Crippen LogP contribution is 2.42. The predicted molar refractivity (Wildman–Crippen MR) is 58.8 cm³/mol. The highest BCUT2D eigenvalue weighted by atomic mass is 16.1. The molecule has 3 N–H and O–H groups in total. The van der Waals surface area contributed by atoms with Crippen LogP contribution < -0.4 is 11.1 Å². The molecular formula is C11H16N4O. The number of primary amides is 1. The topological polar surface area (TPSA) is 72.9 Å². The van der Waals surface area contributed by atoms with Gasteiger partial charge in [-0.3, -0.25) is 9.48 Å². The molecule has 1 aromatic heterocycles. The van der Waals surface area contributed by atoms with Crippen LogP contribution in [0.15, 0.2) is 0 Å². The van der Waals surface area contributed by atoms with Crippen molar-refractivity contribution in [2.24, 2.45) is 5.73 Å². The summed E-state index contributed by atoms with van der Waals surface area (Å²) in [6, 6.07) is 0. The van der Waals surface area contributed by atoms with Gasteiger partial charge in [-0.15, -0.1) is 0 Å². The second-order valence-corrected chi connectivity index (χ2v) is 4.64. The molecule has 1 aromatic rings. The molecule has 1 aliphatic heterocycles. The van der Waals surface area contributed by atoms with Gasteiger partial charge in [0, 0.05) is 36.7 Å².